The fraction of sp³-hybridized carbons (Fsp3) is 0.407. The van der Waals surface area contributed by atoms with Crippen molar-refractivity contribution in [2.45, 2.75) is 13.3 Å². The van der Waals surface area contributed by atoms with Gasteiger partial charge in [0.2, 0.25) is 0 Å². The number of carbonyl (C=O) groups excluding carboxylic acids is 1. The average molecular weight is 548 g/mol. The quantitative estimate of drug-likeness (QED) is 0.337. The summed E-state index contributed by atoms with van der Waals surface area (Å²) in [5.74, 6) is 1.84. The Balaban J connectivity index is 0.00000380. The molecule has 0 spiro atoms. The second kappa shape index (κ2) is 13.6. The minimum atomic E-state index is -0.123. The lowest BCUT2D eigenvalue weighted by molar-refractivity contribution is -0.114. The van der Waals surface area contributed by atoms with E-state index in [2.05, 4.69) is 4.90 Å². The number of ether oxygens (including phenoxy) is 4. The Morgan fingerprint density at radius 2 is 1.78 bits per heavy atom. The van der Waals surface area contributed by atoms with Gasteiger partial charge in [0, 0.05) is 32.3 Å². The molecule has 1 aromatic heterocycles. The van der Waals surface area contributed by atoms with Crippen molar-refractivity contribution < 1.29 is 23.7 Å². The number of rotatable bonds is 10. The Kier molecular flexibility index (Phi) is 10.6. The number of carbonyl (C=O) groups is 1. The molecule has 0 radical (unpaired) electrons. The van der Waals surface area contributed by atoms with Crippen LogP contribution in [0.25, 0.3) is 16.3 Å². The Bertz CT molecular complexity index is 1230. The molecule has 8 nitrogen and oxygen atoms in total. The molecule has 3 aromatic rings. The van der Waals surface area contributed by atoms with E-state index < -0.39 is 0 Å². The minimum absolute atomic E-state index is 0. The molecule has 2 aromatic carbocycles. The maximum absolute atomic E-state index is 13.5. The molecule has 1 aliphatic rings. The number of thiazole rings is 1. The van der Waals surface area contributed by atoms with Crippen molar-refractivity contribution in [2.75, 3.05) is 65.6 Å². The van der Waals surface area contributed by atoms with Crippen LogP contribution in [0.15, 0.2) is 36.4 Å². The lowest BCUT2D eigenvalue weighted by Gasteiger charge is -2.27. The van der Waals surface area contributed by atoms with E-state index in [-0.39, 0.29) is 18.3 Å². The number of anilines is 1. The van der Waals surface area contributed by atoms with Crippen molar-refractivity contribution in [1.82, 2.24) is 9.88 Å². The van der Waals surface area contributed by atoms with Gasteiger partial charge in [-0.25, -0.2) is 4.98 Å². The predicted molar refractivity (Wildman–Crippen MR) is 151 cm³/mol. The molecule has 0 bridgehead atoms. The number of methoxy groups -OCH3 is 3. The number of hydrogen-bond donors (Lipinski definition) is 0. The molecule has 10 heteroatoms. The Morgan fingerprint density at radius 3 is 2.49 bits per heavy atom. The number of morpholine rings is 1. The van der Waals surface area contributed by atoms with E-state index in [1.165, 1.54) is 11.3 Å². The first-order chi connectivity index (χ1) is 17.5. The molecule has 37 heavy (non-hydrogen) atoms. The molecule has 0 unspecified atom stereocenters. The van der Waals surface area contributed by atoms with Crippen LogP contribution >= 0.6 is 23.7 Å². The van der Waals surface area contributed by atoms with Gasteiger partial charge < -0.3 is 18.9 Å². The van der Waals surface area contributed by atoms with Gasteiger partial charge in [0.25, 0.3) is 5.91 Å². The van der Waals surface area contributed by atoms with Gasteiger partial charge in [-0.05, 0) is 48.7 Å². The van der Waals surface area contributed by atoms with Crippen LogP contribution in [0, 0.1) is 6.92 Å². The summed E-state index contributed by atoms with van der Waals surface area (Å²) in [4.78, 5) is 22.4. The lowest BCUT2D eigenvalue weighted by Crippen LogP contribution is -2.39. The maximum atomic E-state index is 13.5. The third-order valence-electron chi connectivity index (χ3n) is 6.19. The zero-order valence-corrected chi connectivity index (χ0v) is 23.3. The van der Waals surface area contributed by atoms with Gasteiger partial charge in [-0.1, -0.05) is 23.5 Å². The molecule has 1 aliphatic heterocycles. The number of amides is 1. The Morgan fingerprint density at radius 1 is 1.08 bits per heavy atom. The molecule has 4 rings (SSSR count). The van der Waals surface area contributed by atoms with Crippen molar-refractivity contribution in [3.63, 3.8) is 0 Å². The summed E-state index contributed by atoms with van der Waals surface area (Å²) in [5, 5.41) is 0.668. The number of benzene rings is 2. The van der Waals surface area contributed by atoms with Gasteiger partial charge in [0.1, 0.15) is 11.3 Å². The molecule has 0 saturated carbocycles. The van der Waals surface area contributed by atoms with Gasteiger partial charge in [0.05, 0.1) is 39.2 Å². The molecule has 200 valence electrons. The fourth-order valence-corrected chi connectivity index (χ4v) is 5.25. The number of fused-ring (bicyclic) bond motifs is 1. The summed E-state index contributed by atoms with van der Waals surface area (Å²) in [7, 11) is 4.83. The van der Waals surface area contributed by atoms with Crippen LogP contribution in [0.1, 0.15) is 17.5 Å². The SMILES string of the molecule is COc1ccc(/C=C/C(=O)N(CCCN2CCOCC2)c2nc3c(OC)ccc(C)c3s2)cc1OC.Cl. The van der Waals surface area contributed by atoms with Gasteiger partial charge in [-0.3, -0.25) is 14.6 Å². The first kappa shape index (κ1) is 28.7. The predicted octanol–water partition coefficient (Wildman–Crippen LogP) is 4.82. The van der Waals surface area contributed by atoms with Crippen LogP contribution in [0.3, 0.4) is 0 Å². The smallest absolute Gasteiger partial charge is 0.252 e. The molecular formula is C27H34ClN3O5S. The van der Waals surface area contributed by atoms with Crippen LogP contribution in [-0.2, 0) is 9.53 Å². The van der Waals surface area contributed by atoms with Crippen LogP contribution in [-0.4, -0.2) is 76.5 Å². The van der Waals surface area contributed by atoms with Crippen LogP contribution in [0.2, 0.25) is 0 Å². The Labute approximate surface area is 228 Å². The zero-order chi connectivity index (χ0) is 25.5. The third kappa shape index (κ3) is 6.93. The van der Waals surface area contributed by atoms with Gasteiger partial charge in [0.15, 0.2) is 16.6 Å². The molecular weight excluding hydrogens is 514 g/mol. The maximum Gasteiger partial charge on any atom is 0.252 e. The van der Waals surface area contributed by atoms with Crippen LogP contribution in [0.5, 0.6) is 17.2 Å². The topological polar surface area (TPSA) is 73.4 Å². The molecule has 1 amide bonds. The first-order valence-corrected chi connectivity index (χ1v) is 12.8. The summed E-state index contributed by atoms with van der Waals surface area (Å²) in [6.07, 6.45) is 4.21. The normalized spacial score (nSPS) is 13.9. The molecule has 0 atom stereocenters. The van der Waals surface area contributed by atoms with E-state index >= 15 is 0 Å². The highest BCUT2D eigenvalue weighted by atomic mass is 35.5. The van der Waals surface area contributed by atoms with Crippen molar-refractivity contribution in [2.24, 2.45) is 0 Å². The van der Waals surface area contributed by atoms with Crippen molar-refractivity contribution in [1.29, 1.82) is 0 Å². The van der Waals surface area contributed by atoms with E-state index in [1.807, 2.05) is 37.3 Å². The first-order valence-electron chi connectivity index (χ1n) is 12.0. The van der Waals surface area contributed by atoms with Gasteiger partial charge in [-0.15, -0.1) is 12.4 Å². The monoisotopic (exact) mass is 547 g/mol. The minimum Gasteiger partial charge on any atom is -0.494 e. The number of aromatic nitrogens is 1. The number of nitrogens with zero attached hydrogens (tertiary/aromatic N) is 3. The van der Waals surface area contributed by atoms with E-state index in [9.17, 15) is 4.79 Å². The summed E-state index contributed by atoms with van der Waals surface area (Å²) < 4.78 is 22.7. The molecule has 2 heterocycles. The summed E-state index contributed by atoms with van der Waals surface area (Å²) in [6, 6.07) is 9.50. The van der Waals surface area contributed by atoms with Crippen molar-refractivity contribution in [3.05, 3.63) is 47.5 Å². The third-order valence-corrected chi connectivity index (χ3v) is 7.41. The number of aryl methyl sites for hydroxylation is 1. The summed E-state index contributed by atoms with van der Waals surface area (Å²) in [5.41, 5.74) is 2.74. The summed E-state index contributed by atoms with van der Waals surface area (Å²) >= 11 is 1.52. The highest BCUT2D eigenvalue weighted by Gasteiger charge is 2.21. The second-order valence-corrected chi connectivity index (χ2v) is 9.48. The second-order valence-electron chi connectivity index (χ2n) is 8.50. The largest absolute Gasteiger partial charge is 0.494 e. The van der Waals surface area contributed by atoms with E-state index in [0.717, 1.165) is 60.6 Å². The van der Waals surface area contributed by atoms with Crippen molar-refractivity contribution >= 4 is 51.1 Å². The van der Waals surface area contributed by atoms with Gasteiger partial charge >= 0.3 is 0 Å². The molecule has 1 saturated heterocycles. The summed E-state index contributed by atoms with van der Waals surface area (Å²) in [6.45, 7) is 6.87. The molecule has 0 N–H and O–H groups in total. The van der Waals surface area contributed by atoms with E-state index in [4.69, 9.17) is 23.9 Å². The average Bonchev–Trinajstić information content (AvgIpc) is 3.36. The highest BCUT2D eigenvalue weighted by molar-refractivity contribution is 7.22. The Hall–Kier alpha value is -2.85. The van der Waals surface area contributed by atoms with Crippen molar-refractivity contribution in [3.8, 4) is 17.2 Å². The highest BCUT2D eigenvalue weighted by Crippen LogP contribution is 2.36. The number of hydrogen-bond acceptors (Lipinski definition) is 8. The standard InChI is InChI=1S/C27H33N3O5S.ClH/c1-19-6-9-22(33-3)25-26(19)36-27(28-25)30(13-5-12-29-14-16-35-17-15-29)24(31)11-8-20-7-10-21(32-2)23(18-20)34-4;/h6-11,18H,5,12-17H2,1-4H3;1H/b11-8+;. The lowest BCUT2D eigenvalue weighted by atomic mass is 10.2. The zero-order valence-electron chi connectivity index (χ0n) is 21.7. The fourth-order valence-electron chi connectivity index (χ4n) is 4.17. The number of halogens is 1. The molecule has 1 fully saturated rings. The van der Waals surface area contributed by atoms with Crippen LogP contribution in [0.4, 0.5) is 5.13 Å². The van der Waals surface area contributed by atoms with E-state index in [1.54, 1.807) is 38.4 Å². The van der Waals surface area contributed by atoms with Gasteiger partial charge in [-0.2, -0.15) is 0 Å². The van der Waals surface area contributed by atoms with Crippen LogP contribution < -0.4 is 19.1 Å². The van der Waals surface area contributed by atoms with E-state index in [0.29, 0.717) is 28.9 Å². The molecule has 0 aliphatic carbocycles.